The lowest BCUT2D eigenvalue weighted by atomic mass is 9.74. The van der Waals surface area contributed by atoms with Crippen molar-refractivity contribution in [1.82, 2.24) is 10.2 Å². The maximum absolute atomic E-state index is 12.3. The molecule has 1 heterocycles. The molecule has 1 saturated heterocycles. The number of aliphatic carboxylic acids is 1. The number of ether oxygens (including phenoxy) is 1. The molecule has 1 unspecified atom stereocenters. The van der Waals surface area contributed by atoms with Crippen molar-refractivity contribution in [2.75, 3.05) is 19.7 Å². The molecule has 6 nitrogen and oxygen atoms in total. The van der Waals surface area contributed by atoms with E-state index in [0.717, 1.165) is 25.7 Å². The van der Waals surface area contributed by atoms with E-state index in [-0.39, 0.29) is 18.6 Å². The largest absolute Gasteiger partial charge is 0.481 e. The summed E-state index contributed by atoms with van der Waals surface area (Å²) in [4.78, 5) is 24.9. The number of hydrogen-bond donors (Lipinski definition) is 2. The van der Waals surface area contributed by atoms with Crippen LogP contribution in [0.2, 0.25) is 0 Å². The highest BCUT2D eigenvalue weighted by Gasteiger charge is 2.41. The molecule has 1 atom stereocenters. The van der Waals surface area contributed by atoms with E-state index >= 15 is 0 Å². The normalized spacial score (nSPS) is 26.2. The van der Waals surface area contributed by atoms with Crippen LogP contribution >= 0.6 is 0 Å². The van der Waals surface area contributed by atoms with Gasteiger partial charge in [0.1, 0.15) is 0 Å². The molecule has 1 aliphatic carbocycles. The molecule has 6 heteroatoms. The number of amides is 2. The third-order valence-electron chi connectivity index (χ3n) is 3.91. The van der Waals surface area contributed by atoms with Crippen molar-refractivity contribution >= 4 is 12.0 Å². The Balaban J connectivity index is 1.93. The average Bonchev–Trinajstić information content (AvgIpc) is 2.50. The summed E-state index contributed by atoms with van der Waals surface area (Å²) in [6.07, 6.45) is 3.36. The van der Waals surface area contributed by atoms with Crippen molar-refractivity contribution in [1.29, 1.82) is 0 Å². The highest BCUT2D eigenvalue weighted by Crippen LogP contribution is 2.35. The van der Waals surface area contributed by atoms with Crippen LogP contribution in [0.1, 0.15) is 39.0 Å². The molecule has 2 rings (SSSR count). The number of carbonyl (C=O) groups excluding carboxylic acids is 1. The van der Waals surface area contributed by atoms with Crippen molar-refractivity contribution in [3.8, 4) is 0 Å². The molecule has 0 bridgehead atoms. The Morgan fingerprint density at radius 3 is 2.74 bits per heavy atom. The van der Waals surface area contributed by atoms with Gasteiger partial charge in [-0.05, 0) is 32.6 Å². The number of nitrogens with one attached hydrogen (secondary N) is 1. The molecule has 0 aromatic carbocycles. The quantitative estimate of drug-likeness (QED) is 0.807. The smallest absolute Gasteiger partial charge is 0.317 e. The van der Waals surface area contributed by atoms with Gasteiger partial charge in [-0.2, -0.15) is 0 Å². The molecule has 2 amide bonds. The topological polar surface area (TPSA) is 78.9 Å². The molecule has 1 saturated carbocycles. The number of nitrogens with zero attached hydrogens (tertiary/aromatic N) is 1. The van der Waals surface area contributed by atoms with Crippen molar-refractivity contribution in [2.45, 2.75) is 50.7 Å². The van der Waals surface area contributed by atoms with Gasteiger partial charge in [0.15, 0.2) is 0 Å². The Bertz CT molecular complexity index is 355. The van der Waals surface area contributed by atoms with E-state index in [1.165, 1.54) is 0 Å². The second-order valence-electron chi connectivity index (χ2n) is 5.62. The van der Waals surface area contributed by atoms with Crippen LogP contribution in [0.3, 0.4) is 0 Å². The molecule has 0 radical (unpaired) electrons. The number of rotatable bonds is 3. The highest BCUT2D eigenvalue weighted by molar-refractivity contribution is 5.77. The fourth-order valence-corrected chi connectivity index (χ4v) is 2.72. The minimum atomic E-state index is -0.854. The third-order valence-corrected chi connectivity index (χ3v) is 3.91. The Morgan fingerprint density at radius 1 is 1.42 bits per heavy atom. The molecule has 108 valence electrons. The number of hydrogen-bond acceptors (Lipinski definition) is 3. The van der Waals surface area contributed by atoms with Gasteiger partial charge in [0.05, 0.1) is 18.1 Å². The maximum Gasteiger partial charge on any atom is 0.317 e. The zero-order valence-electron chi connectivity index (χ0n) is 11.4. The number of carbonyl (C=O) groups is 2. The molecule has 19 heavy (non-hydrogen) atoms. The average molecular weight is 270 g/mol. The van der Waals surface area contributed by atoms with Crippen LogP contribution in [-0.4, -0.2) is 53.3 Å². The number of carboxylic acid groups (broad SMARTS) is 1. The molecule has 0 aromatic heterocycles. The minimum Gasteiger partial charge on any atom is -0.481 e. The van der Waals surface area contributed by atoms with Crippen LogP contribution in [0.5, 0.6) is 0 Å². The summed E-state index contributed by atoms with van der Waals surface area (Å²) < 4.78 is 5.50. The second kappa shape index (κ2) is 5.77. The molecule has 0 spiro atoms. The second-order valence-corrected chi connectivity index (χ2v) is 5.62. The lowest BCUT2D eigenvalue weighted by molar-refractivity contribution is -0.139. The van der Waals surface area contributed by atoms with Gasteiger partial charge < -0.3 is 20.1 Å². The molecule has 2 fully saturated rings. The summed E-state index contributed by atoms with van der Waals surface area (Å²) in [5.41, 5.74) is -0.528. The van der Waals surface area contributed by atoms with E-state index in [9.17, 15) is 9.59 Å². The summed E-state index contributed by atoms with van der Waals surface area (Å²) in [5, 5.41) is 11.9. The number of urea groups is 1. The van der Waals surface area contributed by atoms with E-state index in [1.54, 1.807) is 4.90 Å². The standard InChI is InChI=1S/C13H22N2O4/c1-10-9-15(6-3-7-19-10)12(18)14-13(4-2-5-13)8-11(16)17/h10H,2-9H2,1H3,(H,14,18)(H,16,17). The van der Waals surface area contributed by atoms with Crippen LogP contribution in [-0.2, 0) is 9.53 Å². The van der Waals surface area contributed by atoms with Crippen LogP contribution in [0, 0.1) is 0 Å². The predicted molar refractivity (Wildman–Crippen MR) is 69.0 cm³/mol. The van der Waals surface area contributed by atoms with E-state index in [0.29, 0.717) is 19.7 Å². The summed E-state index contributed by atoms with van der Waals surface area (Å²) in [7, 11) is 0. The van der Waals surface area contributed by atoms with Crippen LogP contribution in [0.25, 0.3) is 0 Å². The molecular formula is C13H22N2O4. The Morgan fingerprint density at radius 2 is 2.16 bits per heavy atom. The summed E-state index contributed by atoms with van der Waals surface area (Å²) >= 11 is 0. The lowest BCUT2D eigenvalue weighted by Crippen LogP contribution is -2.58. The van der Waals surface area contributed by atoms with E-state index in [4.69, 9.17) is 9.84 Å². The van der Waals surface area contributed by atoms with Gasteiger partial charge in [-0.25, -0.2) is 4.79 Å². The van der Waals surface area contributed by atoms with Gasteiger partial charge in [0, 0.05) is 19.7 Å². The fraction of sp³-hybridized carbons (Fsp3) is 0.846. The van der Waals surface area contributed by atoms with Gasteiger partial charge in [-0.3, -0.25) is 4.79 Å². The van der Waals surface area contributed by atoms with E-state index in [1.807, 2.05) is 6.92 Å². The molecule has 2 aliphatic rings. The Kier molecular flexibility index (Phi) is 4.29. The Labute approximate surface area is 113 Å². The lowest BCUT2D eigenvalue weighted by Gasteiger charge is -2.42. The summed E-state index contributed by atoms with van der Waals surface area (Å²) in [6.45, 7) is 3.85. The first-order valence-electron chi connectivity index (χ1n) is 6.91. The van der Waals surface area contributed by atoms with Crippen molar-refractivity contribution in [3.05, 3.63) is 0 Å². The molecule has 1 aliphatic heterocycles. The van der Waals surface area contributed by atoms with Crippen LogP contribution < -0.4 is 5.32 Å². The third kappa shape index (κ3) is 3.59. The summed E-state index contributed by atoms with van der Waals surface area (Å²) in [5.74, 6) is -0.854. The first-order chi connectivity index (χ1) is 9.01. The zero-order valence-corrected chi connectivity index (χ0v) is 11.4. The first-order valence-corrected chi connectivity index (χ1v) is 6.91. The molecule has 2 N–H and O–H groups in total. The summed E-state index contributed by atoms with van der Waals surface area (Å²) in [6, 6.07) is -0.154. The van der Waals surface area contributed by atoms with Crippen molar-refractivity contribution in [3.63, 3.8) is 0 Å². The van der Waals surface area contributed by atoms with Crippen molar-refractivity contribution in [2.24, 2.45) is 0 Å². The van der Waals surface area contributed by atoms with E-state index in [2.05, 4.69) is 5.32 Å². The molecule has 0 aromatic rings. The zero-order chi connectivity index (χ0) is 13.9. The van der Waals surface area contributed by atoms with Crippen molar-refractivity contribution < 1.29 is 19.4 Å². The predicted octanol–water partition coefficient (Wildman–Crippen LogP) is 1.20. The fourth-order valence-electron chi connectivity index (χ4n) is 2.72. The van der Waals surface area contributed by atoms with Crippen LogP contribution in [0.15, 0.2) is 0 Å². The SMILES string of the molecule is CC1CN(C(=O)NC2(CC(=O)O)CCC2)CCCO1. The monoisotopic (exact) mass is 270 g/mol. The number of carboxylic acids is 1. The highest BCUT2D eigenvalue weighted by atomic mass is 16.5. The minimum absolute atomic E-state index is 0.0125. The first kappa shape index (κ1) is 14.1. The van der Waals surface area contributed by atoms with Gasteiger partial charge in [0.2, 0.25) is 0 Å². The Hall–Kier alpha value is -1.30. The van der Waals surface area contributed by atoms with Gasteiger partial charge >= 0.3 is 12.0 Å². The maximum atomic E-state index is 12.3. The van der Waals surface area contributed by atoms with Crippen LogP contribution in [0.4, 0.5) is 4.79 Å². The van der Waals surface area contributed by atoms with Gasteiger partial charge in [0.25, 0.3) is 0 Å². The molecular weight excluding hydrogens is 248 g/mol. The van der Waals surface area contributed by atoms with Gasteiger partial charge in [-0.1, -0.05) is 0 Å². The van der Waals surface area contributed by atoms with E-state index < -0.39 is 11.5 Å². The van der Waals surface area contributed by atoms with Gasteiger partial charge in [-0.15, -0.1) is 0 Å².